The molecule has 0 spiro atoms. The van der Waals surface area contributed by atoms with Gasteiger partial charge in [-0.1, -0.05) is 18.2 Å². The summed E-state index contributed by atoms with van der Waals surface area (Å²) >= 11 is 0. The third-order valence-electron chi connectivity index (χ3n) is 5.56. The molecule has 0 unspecified atom stereocenters. The molecule has 0 aliphatic carbocycles. The maximum absolute atomic E-state index is 13.7. The number of benzene rings is 3. The lowest BCUT2D eigenvalue weighted by Crippen LogP contribution is -2.06. The first-order chi connectivity index (χ1) is 16.9. The summed E-state index contributed by atoms with van der Waals surface area (Å²) < 4.78 is 45.2. The Morgan fingerprint density at radius 3 is 2.51 bits per heavy atom. The molecule has 0 fully saturated rings. The number of hydrogen-bond acceptors (Lipinski definition) is 7. The lowest BCUT2D eigenvalue weighted by Gasteiger charge is -2.13. The van der Waals surface area contributed by atoms with Gasteiger partial charge in [0.1, 0.15) is 24.2 Å². The molecular formula is C26H19FN4O3S. The number of halogens is 1. The molecule has 0 bridgehead atoms. The Kier molecular flexibility index (Phi) is 5.92. The first-order valence-electron chi connectivity index (χ1n) is 10.6. The van der Waals surface area contributed by atoms with E-state index in [9.17, 15) is 12.8 Å². The molecule has 0 aliphatic rings. The predicted molar refractivity (Wildman–Crippen MR) is 130 cm³/mol. The highest BCUT2D eigenvalue weighted by Gasteiger charge is 2.19. The minimum Gasteiger partial charge on any atom is -0.496 e. The van der Waals surface area contributed by atoms with Crippen molar-refractivity contribution in [2.24, 2.45) is 0 Å². The van der Waals surface area contributed by atoms with Crippen molar-refractivity contribution in [3.05, 3.63) is 97.1 Å². The molecule has 3 aromatic carbocycles. The number of ether oxygens (including phenoxy) is 1. The van der Waals surface area contributed by atoms with E-state index in [2.05, 4.69) is 19.9 Å². The molecule has 0 saturated carbocycles. The summed E-state index contributed by atoms with van der Waals surface area (Å²) in [5.41, 5.74) is 3.71. The standard InChI is InChI=1S/C26H19FN4O3S/c1-34-25-12-18(17-3-2-4-19(27)11-17)5-7-23(25)26-22-8-6-21(13-24(22)30-16-31-26)35(32,33)14-20-9-10-28-15-29-20/h2-13,15-16H,14H2,1H3. The SMILES string of the molecule is COc1cc(-c2cccc(F)c2)ccc1-c1ncnc2cc(S(=O)(=O)Cc3ccncn3)ccc12. The Bertz CT molecular complexity index is 1640. The van der Waals surface area contributed by atoms with Crippen LogP contribution in [-0.2, 0) is 15.6 Å². The zero-order valence-electron chi connectivity index (χ0n) is 18.6. The summed E-state index contributed by atoms with van der Waals surface area (Å²) in [5, 5.41) is 0.672. The van der Waals surface area contributed by atoms with Gasteiger partial charge in [0.15, 0.2) is 9.84 Å². The third-order valence-corrected chi connectivity index (χ3v) is 7.21. The Labute approximate surface area is 201 Å². The number of methoxy groups -OCH3 is 1. The van der Waals surface area contributed by atoms with Crippen molar-refractivity contribution in [3.63, 3.8) is 0 Å². The highest BCUT2D eigenvalue weighted by molar-refractivity contribution is 7.90. The lowest BCUT2D eigenvalue weighted by atomic mass is 10.00. The molecule has 0 aliphatic heterocycles. The van der Waals surface area contributed by atoms with Gasteiger partial charge in [-0.3, -0.25) is 0 Å². The molecule has 0 radical (unpaired) electrons. The van der Waals surface area contributed by atoms with Crippen LogP contribution in [0, 0.1) is 5.82 Å². The van der Waals surface area contributed by atoms with Crippen LogP contribution in [-0.4, -0.2) is 35.5 Å². The summed E-state index contributed by atoms with van der Waals surface area (Å²) in [6.07, 6.45) is 4.21. The molecule has 0 N–H and O–H groups in total. The van der Waals surface area contributed by atoms with Crippen molar-refractivity contribution in [1.82, 2.24) is 19.9 Å². The number of aromatic nitrogens is 4. The van der Waals surface area contributed by atoms with E-state index in [4.69, 9.17) is 4.74 Å². The highest BCUT2D eigenvalue weighted by atomic mass is 32.2. The molecular weight excluding hydrogens is 467 g/mol. The number of sulfone groups is 1. The van der Waals surface area contributed by atoms with Crippen LogP contribution in [0.2, 0.25) is 0 Å². The maximum Gasteiger partial charge on any atom is 0.184 e. The van der Waals surface area contributed by atoms with Crippen LogP contribution in [0.15, 0.2) is 90.5 Å². The van der Waals surface area contributed by atoms with Crippen molar-refractivity contribution >= 4 is 20.7 Å². The van der Waals surface area contributed by atoms with Crippen LogP contribution < -0.4 is 4.74 Å². The van der Waals surface area contributed by atoms with Gasteiger partial charge in [0.25, 0.3) is 0 Å². The summed E-state index contributed by atoms with van der Waals surface area (Å²) in [5.74, 6) is -0.0149. The Balaban J connectivity index is 1.55. The minimum absolute atomic E-state index is 0.140. The number of rotatable bonds is 6. The van der Waals surface area contributed by atoms with Gasteiger partial charge in [0, 0.05) is 17.1 Å². The predicted octanol–water partition coefficient (Wildman–Crippen LogP) is 4.88. The molecule has 5 aromatic rings. The first-order valence-corrected chi connectivity index (χ1v) is 12.3. The third kappa shape index (κ3) is 4.58. The van der Waals surface area contributed by atoms with Gasteiger partial charge >= 0.3 is 0 Å². The monoisotopic (exact) mass is 486 g/mol. The zero-order valence-corrected chi connectivity index (χ0v) is 19.4. The summed E-state index contributed by atoms with van der Waals surface area (Å²) in [6.45, 7) is 0. The van der Waals surface area contributed by atoms with E-state index < -0.39 is 9.84 Å². The second-order valence-corrected chi connectivity index (χ2v) is 9.78. The fourth-order valence-corrected chi connectivity index (χ4v) is 5.15. The van der Waals surface area contributed by atoms with Crippen LogP contribution in [0.1, 0.15) is 5.69 Å². The number of fused-ring (bicyclic) bond motifs is 1. The van der Waals surface area contributed by atoms with Crippen molar-refractivity contribution in [3.8, 4) is 28.1 Å². The largest absolute Gasteiger partial charge is 0.496 e. The van der Waals surface area contributed by atoms with E-state index in [0.29, 0.717) is 33.6 Å². The van der Waals surface area contributed by atoms with E-state index in [1.54, 1.807) is 31.4 Å². The van der Waals surface area contributed by atoms with Crippen molar-refractivity contribution in [2.75, 3.05) is 7.11 Å². The van der Waals surface area contributed by atoms with E-state index in [0.717, 1.165) is 11.1 Å². The highest BCUT2D eigenvalue weighted by Crippen LogP contribution is 2.36. The van der Waals surface area contributed by atoms with Gasteiger partial charge in [-0.25, -0.2) is 32.7 Å². The topological polar surface area (TPSA) is 94.9 Å². The zero-order chi connectivity index (χ0) is 24.4. The Hall–Kier alpha value is -4.24. The number of hydrogen-bond donors (Lipinski definition) is 0. The van der Waals surface area contributed by atoms with Gasteiger partial charge in [-0.15, -0.1) is 0 Å². The van der Waals surface area contributed by atoms with Crippen LogP contribution in [0.5, 0.6) is 5.75 Å². The molecule has 9 heteroatoms. The van der Waals surface area contributed by atoms with E-state index in [1.165, 1.54) is 37.1 Å². The van der Waals surface area contributed by atoms with Crippen LogP contribution in [0.4, 0.5) is 4.39 Å². The quantitative estimate of drug-likeness (QED) is 0.338. The number of nitrogens with zero attached hydrogens (tertiary/aromatic N) is 4. The van der Waals surface area contributed by atoms with Gasteiger partial charge in [-0.05, 0) is 59.7 Å². The summed E-state index contributed by atoms with van der Waals surface area (Å²) in [6, 6.07) is 18.2. The normalized spacial score (nSPS) is 11.5. The van der Waals surface area contributed by atoms with E-state index in [1.807, 2.05) is 24.3 Å². The van der Waals surface area contributed by atoms with Gasteiger partial charge in [0.2, 0.25) is 0 Å². The molecule has 0 saturated heterocycles. The Morgan fingerprint density at radius 2 is 1.74 bits per heavy atom. The van der Waals surface area contributed by atoms with E-state index in [-0.39, 0.29) is 16.5 Å². The molecule has 0 atom stereocenters. The maximum atomic E-state index is 13.7. The lowest BCUT2D eigenvalue weighted by molar-refractivity contribution is 0.416. The van der Waals surface area contributed by atoms with Gasteiger partial charge < -0.3 is 4.74 Å². The molecule has 2 aromatic heterocycles. The van der Waals surface area contributed by atoms with Crippen LogP contribution in [0.3, 0.4) is 0 Å². The average molecular weight is 487 g/mol. The van der Waals surface area contributed by atoms with Gasteiger partial charge in [0.05, 0.1) is 34.7 Å². The summed E-state index contributed by atoms with van der Waals surface area (Å²) in [7, 11) is -2.09. The molecule has 2 heterocycles. The van der Waals surface area contributed by atoms with Crippen LogP contribution >= 0.6 is 0 Å². The Morgan fingerprint density at radius 1 is 0.886 bits per heavy atom. The van der Waals surface area contributed by atoms with Gasteiger partial charge in [-0.2, -0.15) is 0 Å². The molecule has 174 valence electrons. The fourth-order valence-electron chi connectivity index (χ4n) is 3.86. The van der Waals surface area contributed by atoms with Crippen molar-refractivity contribution < 1.29 is 17.5 Å². The second-order valence-electron chi connectivity index (χ2n) is 7.79. The van der Waals surface area contributed by atoms with Crippen molar-refractivity contribution in [2.45, 2.75) is 10.6 Å². The smallest absolute Gasteiger partial charge is 0.184 e. The summed E-state index contributed by atoms with van der Waals surface area (Å²) in [4.78, 5) is 16.7. The molecule has 7 nitrogen and oxygen atoms in total. The molecule has 35 heavy (non-hydrogen) atoms. The molecule has 0 amide bonds. The fraction of sp³-hybridized carbons (Fsp3) is 0.0769. The van der Waals surface area contributed by atoms with Crippen LogP contribution in [0.25, 0.3) is 33.3 Å². The second kappa shape index (κ2) is 9.19. The molecule has 5 rings (SSSR count). The van der Waals surface area contributed by atoms with E-state index >= 15 is 0 Å². The first kappa shape index (κ1) is 22.5. The average Bonchev–Trinajstić information content (AvgIpc) is 2.88. The minimum atomic E-state index is -3.64. The van der Waals surface area contributed by atoms with Crippen molar-refractivity contribution in [1.29, 1.82) is 0 Å².